The summed E-state index contributed by atoms with van der Waals surface area (Å²) >= 11 is 0. The number of hydrogen-bond donors (Lipinski definition) is 1. The van der Waals surface area contributed by atoms with Crippen LogP contribution in [-0.2, 0) is 4.74 Å². The van der Waals surface area contributed by atoms with Crippen molar-refractivity contribution in [3.8, 4) is 11.5 Å². The minimum Gasteiger partial charge on any atom is -0.497 e. The van der Waals surface area contributed by atoms with Crippen LogP contribution in [0.2, 0.25) is 0 Å². The fourth-order valence-corrected chi connectivity index (χ4v) is 2.64. The molecule has 0 spiro atoms. The summed E-state index contributed by atoms with van der Waals surface area (Å²) in [5, 5.41) is 3.55. The normalized spacial score (nSPS) is 22.9. The van der Waals surface area contributed by atoms with E-state index < -0.39 is 0 Å². The Balaban J connectivity index is 2.08. The molecule has 1 aliphatic rings. The zero-order chi connectivity index (χ0) is 13.7. The van der Waals surface area contributed by atoms with Crippen LogP contribution in [0.25, 0.3) is 0 Å². The largest absolute Gasteiger partial charge is 0.497 e. The SMILES string of the molecule is COc1ccc(OC)c(NC2CCCC(OC)C2)c1. The van der Waals surface area contributed by atoms with Gasteiger partial charge in [-0.1, -0.05) is 0 Å². The summed E-state index contributed by atoms with van der Waals surface area (Å²) < 4.78 is 16.1. The molecule has 2 unspecified atom stereocenters. The molecule has 4 heteroatoms. The van der Waals surface area contributed by atoms with Crippen LogP contribution in [0.15, 0.2) is 18.2 Å². The Morgan fingerprint density at radius 2 is 1.95 bits per heavy atom. The quantitative estimate of drug-likeness (QED) is 0.888. The number of methoxy groups -OCH3 is 3. The summed E-state index contributed by atoms with van der Waals surface area (Å²) in [5.41, 5.74) is 0.989. The Hall–Kier alpha value is -1.42. The van der Waals surface area contributed by atoms with Crippen LogP contribution in [-0.4, -0.2) is 33.5 Å². The number of anilines is 1. The first-order valence-electron chi connectivity index (χ1n) is 6.78. The highest BCUT2D eigenvalue weighted by atomic mass is 16.5. The van der Waals surface area contributed by atoms with E-state index in [4.69, 9.17) is 14.2 Å². The minimum absolute atomic E-state index is 0.364. The summed E-state index contributed by atoms with van der Waals surface area (Å²) in [6, 6.07) is 6.25. The van der Waals surface area contributed by atoms with Gasteiger partial charge in [-0.15, -0.1) is 0 Å². The molecule has 0 aliphatic heterocycles. The van der Waals surface area contributed by atoms with Crippen LogP contribution in [0.1, 0.15) is 25.7 Å². The maximum absolute atomic E-state index is 5.46. The summed E-state index contributed by atoms with van der Waals surface area (Å²) in [6.45, 7) is 0. The first kappa shape index (κ1) is 14.0. The van der Waals surface area contributed by atoms with Crippen molar-refractivity contribution >= 4 is 5.69 Å². The van der Waals surface area contributed by atoms with Crippen LogP contribution in [0, 0.1) is 0 Å². The number of rotatable bonds is 5. The van der Waals surface area contributed by atoms with E-state index in [0.29, 0.717) is 12.1 Å². The van der Waals surface area contributed by atoms with Crippen molar-refractivity contribution in [3.05, 3.63) is 18.2 Å². The third-order valence-electron chi connectivity index (χ3n) is 3.73. The third kappa shape index (κ3) is 3.53. The molecule has 1 aromatic rings. The topological polar surface area (TPSA) is 39.7 Å². The summed E-state index contributed by atoms with van der Waals surface area (Å²) in [7, 11) is 5.15. The minimum atomic E-state index is 0.364. The Bertz CT molecular complexity index is 408. The van der Waals surface area contributed by atoms with Gasteiger partial charge in [0.1, 0.15) is 11.5 Å². The second-order valence-electron chi connectivity index (χ2n) is 4.93. The lowest BCUT2D eigenvalue weighted by atomic mass is 9.92. The second kappa shape index (κ2) is 6.66. The summed E-state index contributed by atoms with van der Waals surface area (Å²) in [5.74, 6) is 1.68. The van der Waals surface area contributed by atoms with Gasteiger partial charge in [-0.2, -0.15) is 0 Å². The number of ether oxygens (including phenoxy) is 3. The van der Waals surface area contributed by atoms with Crippen molar-refractivity contribution in [1.82, 2.24) is 0 Å². The summed E-state index contributed by atoms with van der Waals surface area (Å²) in [4.78, 5) is 0. The third-order valence-corrected chi connectivity index (χ3v) is 3.73. The molecule has 0 bridgehead atoms. The maximum atomic E-state index is 5.46. The van der Waals surface area contributed by atoms with Crippen molar-refractivity contribution in [3.63, 3.8) is 0 Å². The first-order chi connectivity index (χ1) is 9.26. The Morgan fingerprint density at radius 1 is 1.11 bits per heavy atom. The van der Waals surface area contributed by atoms with Crippen molar-refractivity contribution in [2.45, 2.75) is 37.8 Å². The molecule has 0 saturated heterocycles. The van der Waals surface area contributed by atoms with Gasteiger partial charge in [-0.25, -0.2) is 0 Å². The van der Waals surface area contributed by atoms with E-state index >= 15 is 0 Å². The molecule has 1 aliphatic carbocycles. The van der Waals surface area contributed by atoms with Gasteiger partial charge >= 0.3 is 0 Å². The van der Waals surface area contributed by atoms with Crippen molar-refractivity contribution in [2.24, 2.45) is 0 Å². The number of benzene rings is 1. The molecule has 2 rings (SSSR count). The highest BCUT2D eigenvalue weighted by Crippen LogP contribution is 2.32. The van der Waals surface area contributed by atoms with E-state index in [1.807, 2.05) is 18.2 Å². The highest BCUT2D eigenvalue weighted by Gasteiger charge is 2.22. The van der Waals surface area contributed by atoms with Crippen molar-refractivity contribution in [2.75, 3.05) is 26.6 Å². The molecular weight excluding hydrogens is 242 g/mol. The molecule has 0 radical (unpaired) electrons. The fourth-order valence-electron chi connectivity index (χ4n) is 2.64. The zero-order valence-electron chi connectivity index (χ0n) is 11.9. The molecule has 0 heterocycles. The Kier molecular flexibility index (Phi) is 4.91. The van der Waals surface area contributed by atoms with Crippen LogP contribution >= 0.6 is 0 Å². The van der Waals surface area contributed by atoms with Crippen LogP contribution in [0.5, 0.6) is 11.5 Å². The Morgan fingerprint density at radius 3 is 2.63 bits per heavy atom. The van der Waals surface area contributed by atoms with E-state index in [9.17, 15) is 0 Å². The fraction of sp³-hybridized carbons (Fsp3) is 0.600. The zero-order valence-corrected chi connectivity index (χ0v) is 11.9. The molecular formula is C15H23NO3. The molecule has 2 atom stereocenters. The van der Waals surface area contributed by atoms with Gasteiger partial charge in [0.15, 0.2) is 0 Å². The maximum Gasteiger partial charge on any atom is 0.142 e. The van der Waals surface area contributed by atoms with Gasteiger partial charge in [0.25, 0.3) is 0 Å². The lowest BCUT2D eigenvalue weighted by Gasteiger charge is -2.30. The molecule has 106 valence electrons. The predicted molar refractivity (Wildman–Crippen MR) is 76.2 cm³/mol. The highest BCUT2D eigenvalue weighted by molar-refractivity contribution is 5.60. The van der Waals surface area contributed by atoms with Gasteiger partial charge in [0, 0.05) is 19.2 Å². The van der Waals surface area contributed by atoms with Gasteiger partial charge in [-0.3, -0.25) is 0 Å². The standard InChI is InChI=1S/C15H23NO3/c1-17-12-6-4-5-11(9-12)16-14-10-13(18-2)7-8-15(14)19-3/h7-8,10-12,16H,4-6,9H2,1-3H3. The number of hydrogen-bond acceptors (Lipinski definition) is 4. The lowest BCUT2D eigenvalue weighted by Crippen LogP contribution is -2.31. The van der Waals surface area contributed by atoms with Gasteiger partial charge in [0.05, 0.1) is 26.0 Å². The molecule has 1 N–H and O–H groups in total. The van der Waals surface area contributed by atoms with E-state index in [1.165, 1.54) is 12.8 Å². The lowest BCUT2D eigenvalue weighted by molar-refractivity contribution is 0.0669. The molecule has 1 aromatic carbocycles. The monoisotopic (exact) mass is 265 g/mol. The van der Waals surface area contributed by atoms with Gasteiger partial charge in [0.2, 0.25) is 0 Å². The summed E-state index contributed by atoms with van der Waals surface area (Å²) in [6.07, 6.45) is 4.92. The van der Waals surface area contributed by atoms with Gasteiger partial charge < -0.3 is 19.5 Å². The van der Waals surface area contributed by atoms with E-state index in [0.717, 1.165) is 30.0 Å². The van der Waals surface area contributed by atoms with Crippen molar-refractivity contribution in [1.29, 1.82) is 0 Å². The Labute approximate surface area is 115 Å². The molecule has 1 fully saturated rings. The molecule has 0 aromatic heterocycles. The van der Waals surface area contributed by atoms with E-state index in [2.05, 4.69) is 5.32 Å². The molecule has 1 saturated carbocycles. The first-order valence-corrected chi connectivity index (χ1v) is 6.78. The van der Waals surface area contributed by atoms with Crippen LogP contribution in [0.3, 0.4) is 0 Å². The number of nitrogens with one attached hydrogen (secondary N) is 1. The molecule has 4 nitrogen and oxygen atoms in total. The van der Waals surface area contributed by atoms with E-state index in [-0.39, 0.29) is 0 Å². The van der Waals surface area contributed by atoms with Crippen LogP contribution in [0.4, 0.5) is 5.69 Å². The molecule has 0 amide bonds. The predicted octanol–water partition coefficient (Wildman–Crippen LogP) is 3.07. The molecule has 19 heavy (non-hydrogen) atoms. The van der Waals surface area contributed by atoms with Gasteiger partial charge in [-0.05, 0) is 37.8 Å². The van der Waals surface area contributed by atoms with Crippen LogP contribution < -0.4 is 14.8 Å². The average molecular weight is 265 g/mol. The van der Waals surface area contributed by atoms with E-state index in [1.54, 1.807) is 21.3 Å². The average Bonchev–Trinajstić information content (AvgIpc) is 2.47. The second-order valence-corrected chi connectivity index (χ2v) is 4.93. The smallest absolute Gasteiger partial charge is 0.142 e. The van der Waals surface area contributed by atoms with Crippen molar-refractivity contribution < 1.29 is 14.2 Å².